The molecule has 2 aromatic carbocycles. The third kappa shape index (κ3) is 4.53. The van der Waals surface area contributed by atoms with E-state index in [1.54, 1.807) is 29.0 Å². The molecule has 5 nitrogen and oxygen atoms in total. The lowest BCUT2D eigenvalue weighted by atomic mass is 9.97. The number of hydrogen-bond acceptors (Lipinski definition) is 3. The largest absolute Gasteiger partial charge is 0.493 e. The normalized spacial score (nSPS) is 17.1. The van der Waals surface area contributed by atoms with E-state index < -0.39 is 6.04 Å². The topological polar surface area (TPSA) is 49.9 Å². The summed E-state index contributed by atoms with van der Waals surface area (Å²) in [6.45, 7) is 5.60. The van der Waals surface area contributed by atoms with Crippen LogP contribution in [0.15, 0.2) is 54.6 Å². The van der Waals surface area contributed by atoms with E-state index in [2.05, 4.69) is 12.1 Å². The minimum absolute atomic E-state index is 0.00451. The lowest BCUT2D eigenvalue weighted by Crippen LogP contribution is -2.59. The Labute approximate surface area is 166 Å². The quantitative estimate of drug-likeness (QED) is 0.773. The highest BCUT2D eigenvalue weighted by atomic mass is 16.5. The molecule has 1 aliphatic heterocycles. The van der Waals surface area contributed by atoms with Gasteiger partial charge in [-0.15, -0.1) is 0 Å². The Morgan fingerprint density at radius 2 is 1.86 bits per heavy atom. The molecule has 0 aliphatic carbocycles. The van der Waals surface area contributed by atoms with Crippen molar-refractivity contribution in [2.24, 2.45) is 5.92 Å². The summed E-state index contributed by atoms with van der Waals surface area (Å²) >= 11 is 0. The zero-order chi connectivity index (χ0) is 20.1. The van der Waals surface area contributed by atoms with Crippen LogP contribution < -0.4 is 4.74 Å². The second-order valence-electron chi connectivity index (χ2n) is 7.56. The third-order valence-corrected chi connectivity index (χ3v) is 5.12. The first-order valence-corrected chi connectivity index (χ1v) is 9.80. The van der Waals surface area contributed by atoms with E-state index in [9.17, 15) is 9.59 Å². The molecule has 0 bridgehead atoms. The van der Waals surface area contributed by atoms with E-state index in [0.29, 0.717) is 31.0 Å². The van der Waals surface area contributed by atoms with E-state index in [-0.39, 0.29) is 17.7 Å². The summed E-state index contributed by atoms with van der Waals surface area (Å²) in [7, 11) is 1.79. The van der Waals surface area contributed by atoms with Crippen LogP contribution in [0, 0.1) is 5.92 Å². The van der Waals surface area contributed by atoms with Crippen LogP contribution in [-0.4, -0.2) is 54.4 Å². The fraction of sp³-hybridized carbons (Fsp3) is 0.391. The third-order valence-electron chi connectivity index (χ3n) is 5.12. The second kappa shape index (κ2) is 8.91. The molecule has 2 amide bonds. The number of rotatable bonds is 6. The molecule has 0 aromatic heterocycles. The summed E-state index contributed by atoms with van der Waals surface area (Å²) in [5, 5.41) is 0. The Morgan fingerprint density at radius 1 is 1.11 bits per heavy atom. The molecule has 0 radical (unpaired) electrons. The number of nitrogens with zero attached hydrogens (tertiary/aromatic N) is 2. The summed E-state index contributed by atoms with van der Waals surface area (Å²) in [6, 6.07) is 17.0. The van der Waals surface area contributed by atoms with Crippen molar-refractivity contribution in [3.63, 3.8) is 0 Å². The van der Waals surface area contributed by atoms with Crippen molar-refractivity contribution in [3.05, 3.63) is 65.7 Å². The summed E-state index contributed by atoms with van der Waals surface area (Å²) in [5.74, 6) is 0.617. The first kappa shape index (κ1) is 19.9. The van der Waals surface area contributed by atoms with Crippen molar-refractivity contribution < 1.29 is 14.3 Å². The lowest BCUT2D eigenvalue weighted by molar-refractivity contribution is -0.140. The molecule has 1 saturated heterocycles. The second-order valence-corrected chi connectivity index (χ2v) is 7.56. The minimum Gasteiger partial charge on any atom is -0.493 e. The summed E-state index contributed by atoms with van der Waals surface area (Å²) < 4.78 is 5.85. The van der Waals surface area contributed by atoms with Gasteiger partial charge in [-0.25, -0.2) is 0 Å². The first-order valence-electron chi connectivity index (χ1n) is 9.80. The van der Waals surface area contributed by atoms with Gasteiger partial charge in [-0.2, -0.15) is 0 Å². The highest BCUT2D eigenvalue weighted by Crippen LogP contribution is 2.22. The van der Waals surface area contributed by atoms with Crippen molar-refractivity contribution in [2.75, 3.05) is 26.7 Å². The maximum atomic E-state index is 13.1. The van der Waals surface area contributed by atoms with Gasteiger partial charge in [0.25, 0.3) is 5.91 Å². The average Bonchev–Trinajstić information content (AvgIpc) is 2.70. The van der Waals surface area contributed by atoms with Gasteiger partial charge >= 0.3 is 0 Å². The van der Waals surface area contributed by atoms with Gasteiger partial charge in [0.2, 0.25) is 5.91 Å². The van der Waals surface area contributed by atoms with Gasteiger partial charge in [0.15, 0.2) is 0 Å². The zero-order valence-corrected chi connectivity index (χ0v) is 16.8. The average molecular weight is 380 g/mol. The number of amides is 2. The molecule has 0 saturated carbocycles. The highest BCUT2D eigenvalue weighted by Gasteiger charge is 2.38. The Balaban J connectivity index is 1.68. The van der Waals surface area contributed by atoms with E-state index in [1.807, 2.05) is 44.2 Å². The van der Waals surface area contributed by atoms with Crippen LogP contribution in [0.2, 0.25) is 0 Å². The molecule has 1 atom stereocenters. The zero-order valence-electron chi connectivity index (χ0n) is 16.8. The van der Waals surface area contributed by atoms with E-state index in [0.717, 1.165) is 6.42 Å². The molecule has 28 heavy (non-hydrogen) atoms. The number of carbonyl (C=O) groups is 2. The number of likely N-dealkylation sites (N-methyl/N-ethyl adjacent to an activating group) is 1. The van der Waals surface area contributed by atoms with E-state index in [4.69, 9.17) is 4.74 Å². The SMILES string of the molecule is CC(C)[C@H]1C(=O)N(C)CCN1C(=O)c1cccc(OCCc2ccccc2)c1. The van der Waals surface area contributed by atoms with Gasteiger partial charge in [-0.05, 0) is 29.7 Å². The molecule has 2 aromatic rings. The maximum Gasteiger partial charge on any atom is 0.254 e. The molecule has 0 N–H and O–H groups in total. The van der Waals surface area contributed by atoms with Crippen LogP contribution in [0.5, 0.6) is 5.75 Å². The standard InChI is InChI=1S/C23H28N2O3/c1-17(2)21-23(27)24(3)13-14-25(21)22(26)19-10-7-11-20(16-19)28-15-12-18-8-5-4-6-9-18/h4-11,16-17,21H,12-15H2,1-3H3/t21-/m0/s1. The first-order chi connectivity index (χ1) is 13.5. The predicted octanol–water partition coefficient (Wildman–Crippen LogP) is 3.25. The summed E-state index contributed by atoms with van der Waals surface area (Å²) in [6.07, 6.45) is 0.807. The van der Waals surface area contributed by atoms with Crippen molar-refractivity contribution in [3.8, 4) is 5.75 Å². The van der Waals surface area contributed by atoms with E-state index >= 15 is 0 Å². The van der Waals surface area contributed by atoms with Crippen LogP contribution in [0.4, 0.5) is 0 Å². The molecule has 5 heteroatoms. The van der Waals surface area contributed by atoms with Gasteiger partial charge in [-0.1, -0.05) is 50.2 Å². The van der Waals surface area contributed by atoms with Crippen molar-refractivity contribution in [1.29, 1.82) is 0 Å². The molecule has 1 fully saturated rings. The van der Waals surface area contributed by atoms with Crippen LogP contribution in [0.25, 0.3) is 0 Å². The number of benzene rings is 2. The fourth-order valence-corrected chi connectivity index (χ4v) is 3.56. The summed E-state index contributed by atoms with van der Waals surface area (Å²) in [5.41, 5.74) is 1.77. The lowest BCUT2D eigenvalue weighted by Gasteiger charge is -2.41. The van der Waals surface area contributed by atoms with Gasteiger partial charge in [0.1, 0.15) is 11.8 Å². The predicted molar refractivity (Wildman–Crippen MR) is 109 cm³/mol. The molecule has 0 unspecified atom stereocenters. The molecule has 148 valence electrons. The van der Waals surface area contributed by atoms with Crippen LogP contribution in [-0.2, 0) is 11.2 Å². The molecule has 0 spiro atoms. The molecular weight excluding hydrogens is 352 g/mol. The minimum atomic E-state index is -0.422. The van der Waals surface area contributed by atoms with Crippen molar-refractivity contribution in [1.82, 2.24) is 9.80 Å². The highest BCUT2D eigenvalue weighted by molar-refractivity contribution is 5.98. The molecule has 3 rings (SSSR count). The summed E-state index contributed by atoms with van der Waals surface area (Å²) in [4.78, 5) is 29.1. The van der Waals surface area contributed by atoms with Crippen LogP contribution >= 0.6 is 0 Å². The van der Waals surface area contributed by atoms with Crippen molar-refractivity contribution in [2.45, 2.75) is 26.3 Å². The Hall–Kier alpha value is -2.82. The fourth-order valence-electron chi connectivity index (χ4n) is 3.56. The molecule has 1 heterocycles. The number of hydrogen-bond donors (Lipinski definition) is 0. The van der Waals surface area contributed by atoms with Gasteiger partial charge in [0.05, 0.1) is 6.61 Å². The number of carbonyl (C=O) groups excluding carboxylic acids is 2. The number of ether oxygens (including phenoxy) is 1. The molecule has 1 aliphatic rings. The molecular formula is C23H28N2O3. The maximum absolute atomic E-state index is 13.1. The van der Waals surface area contributed by atoms with Gasteiger partial charge < -0.3 is 14.5 Å². The monoisotopic (exact) mass is 380 g/mol. The van der Waals surface area contributed by atoms with Crippen molar-refractivity contribution >= 4 is 11.8 Å². The Morgan fingerprint density at radius 3 is 2.57 bits per heavy atom. The smallest absolute Gasteiger partial charge is 0.254 e. The Bertz CT molecular complexity index is 820. The van der Waals surface area contributed by atoms with Gasteiger partial charge in [-0.3, -0.25) is 9.59 Å². The van der Waals surface area contributed by atoms with Gasteiger partial charge in [0, 0.05) is 32.1 Å². The Kier molecular flexibility index (Phi) is 6.34. The van der Waals surface area contributed by atoms with E-state index in [1.165, 1.54) is 5.56 Å². The van der Waals surface area contributed by atoms with Crippen LogP contribution in [0.1, 0.15) is 29.8 Å². The number of piperazine rings is 1. The van der Waals surface area contributed by atoms with Crippen LogP contribution in [0.3, 0.4) is 0 Å².